The molecule has 2 heterocycles. The van der Waals surface area contributed by atoms with Gasteiger partial charge >= 0.3 is 0 Å². The van der Waals surface area contributed by atoms with Crippen molar-refractivity contribution in [3.05, 3.63) is 117 Å². The van der Waals surface area contributed by atoms with E-state index in [-0.39, 0.29) is 11.4 Å². The topological polar surface area (TPSA) is 149 Å². The number of carbonyl (C=O) groups is 1. The van der Waals surface area contributed by atoms with Gasteiger partial charge in [-0.2, -0.15) is 10.2 Å². The number of carbonyl (C=O) groups excluding carboxylic acids is 1. The van der Waals surface area contributed by atoms with Crippen molar-refractivity contribution in [3.8, 4) is 28.5 Å². The van der Waals surface area contributed by atoms with Crippen LogP contribution >= 0.6 is 0 Å². The first-order chi connectivity index (χ1) is 17.9. The van der Waals surface area contributed by atoms with E-state index in [9.17, 15) is 19.7 Å². The Morgan fingerprint density at radius 1 is 1.00 bits per heavy atom. The molecular formula is C26H19N7O4. The van der Waals surface area contributed by atoms with Crippen LogP contribution < -0.4 is 10.7 Å². The van der Waals surface area contributed by atoms with Crippen molar-refractivity contribution in [2.75, 3.05) is 5.32 Å². The second-order valence-electron chi connectivity index (χ2n) is 8.03. The molecule has 1 amide bonds. The number of aryl methyl sites for hydroxylation is 1. The molecule has 11 heteroatoms. The van der Waals surface area contributed by atoms with Crippen LogP contribution in [0.5, 0.6) is 0 Å². The van der Waals surface area contributed by atoms with E-state index in [1.165, 1.54) is 28.9 Å². The molecule has 2 N–H and O–H groups in total. The highest BCUT2D eigenvalue weighted by molar-refractivity contribution is 6.04. The van der Waals surface area contributed by atoms with Gasteiger partial charge in [-0.15, -0.1) is 0 Å². The predicted molar refractivity (Wildman–Crippen MR) is 136 cm³/mol. The van der Waals surface area contributed by atoms with Crippen LogP contribution in [-0.4, -0.2) is 35.8 Å². The smallest absolute Gasteiger partial charge is 0.294 e. The van der Waals surface area contributed by atoms with Crippen molar-refractivity contribution >= 4 is 17.3 Å². The number of benzene rings is 3. The fraction of sp³-hybridized carbons (Fsp3) is 0.0385. The Morgan fingerprint density at radius 2 is 1.70 bits per heavy atom. The van der Waals surface area contributed by atoms with Gasteiger partial charge in [0.1, 0.15) is 5.69 Å². The number of amides is 1. The van der Waals surface area contributed by atoms with E-state index in [4.69, 9.17) is 0 Å². The van der Waals surface area contributed by atoms with Crippen LogP contribution in [0, 0.1) is 17.0 Å². The van der Waals surface area contributed by atoms with Gasteiger partial charge < -0.3 is 5.32 Å². The van der Waals surface area contributed by atoms with Crippen LogP contribution in [0.2, 0.25) is 0 Å². The number of hydrogen-bond acceptors (Lipinski definition) is 7. The fourth-order valence-electron chi connectivity index (χ4n) is 3.82. The number of aromatic nitrogens is 5. The summed E-state index contributed by atoms with van der Waals surface area (Å²) in [6.45, 7) is 1.58. The molecule has 0 unspecified atom stereocenters. The molecule has 5 aromatic rings. The Labute approximate surface area is 209 Å². The summed E-state index contributed by atoms with van der Waals surface area (Å²) in [4.78, 5) is 41.4. The predicted octanol–water partition coefficient (Wildman–Crippen LogP) is 4.15. The largest absolute Gasteiger partial charge is 0.320 e. The number of aromatic amines is 1. The van der Waals surface area contributed by atoms with Crippen LogP contribution in [-0.2, 0) is 0 Å². The van der Waals surface area contributed by atoms with Gasteiger partial charge in [0, 0.05) is 29.0 Å². The van der Waals surface area contributed by atoms with E-state index in [2.05, 4.69) is 25.6 Å². The monoisotopic (exact) mass is 493 g/mol. The van der Waals surface area contributed by atoms with Gasteiger partial charge in [-0.05, 0) is 25.1 Å². The lowest BCUT2D eigenvalue weighted by atomic mass is 10.1. The summed E-state index contributed by atoms with van der Waals surface area (Å²) in [5, 5.41) is 25.5. The first-order valence-corrected chi connectivity index (χ1v) is 11.2. The zero-order chi connectivity index (χ0) is 25.9. The van der Waals surface area contributed by atoms with E-state index >= 15 is 0 Å². The van der Waals surface area contributed by atoms with Crippen molar-refractivity contribution in [3.63, 3.8) is 0 Å². The van der Waals surface area contributed by atoms with E-state index in [1.54, 1.807) is 37.3 Å². The summed E-state index contributed by atoms with van der Waals surface area (Å²) in [7, 11) is 0. The number of H-pyrrole nitrogens is 1. The minimum Gasteiger partial charge on any atom is -0.320 e. The highest BCUT2D eigenvalue weighted by Gasteiger charge is 2.21. The first-order valence-electron chi connectivity index (χ1n) is 11.2. The van der Waals surface area contributed by atoms with E-state index < -0.39 is 22.0 Å². The van der Waals surface area contributed by atoms with Crippen LogP contribution in [0.1, 0.15) is 16.2 Å². The molecule has 0 bridgehead atoms. The van der Waals surface area contributed by atoms with Gasteiger partial charge in [-0.25, -0.2) is 9.67 Å². The van der Waals surface area contributed by atoms with Crippen LogP contribution in [0.3, 0.4) is 0 Å². The number of anilines is 1. The maximum Gasteiger partial charge on any atom is 0.294 e. The molecule has 37 heavy (non-hydrogen) atoms. The van der Waals surface area contributed by atoms with E-state index in [1.807, 2.05) is 30.3 Å². The van der Waals surface area contributed by atoms with Crippen molar-refractivity contribution in [2.45, 2.75) is 6.92 Å². The highest BCUT2D eigenvalue weighted by Crippen LogP contribution is 2.27. The Bertz CT molecular complexity index is 1690. The average Bonchev–Trinajstić information content (AvgIpc) is 3.40. The third-order valence-electron chi connectivity index (χ3n) is 5.58. The fourth-order valence-corrected chi connectivity index (χ4v) is 3.82. The third-order valence-corrected chi connectivity index (χ3v) is 5.58. The lowest BCUT2D eigenvalue weighted by molar-refractivity contribution is -0.384. The molecule has 0 atom stereocenters. The minimum atomic E-state index is -0.771. The zero-order valence-corrected chi connectivity index (χ0v) is 19.5. The molecule has 0 aliphatic heterocycles. The molecule has 11 nitrogen and oxygen atoms in total. The van der Waals surface area contributed by atoms with Gasteiger partial charge in [0.25, 0.3) is 11.6 Å². The molecular weight excluding hydrogens is 474 g/mol. The normalized spacial score (nSPS) is 10.7. The minimum absolute atomic E-state index is 0.134. The van der Waals surface area contributed by atoms with Gasteiger partial charge in [-0.1, -0.05) is 54.6 Å². The molecule has 0 aliphatic carbocycles. The number of nitro groups is 1. The molecule has 0 spiro atoms. The average molecular weight is 493 g/mol. The molecule has 0 saturated carbocycles. The Kier molecular flexibility index (Phi) is 6.08. The molecule has 5 rings (SSSR count). The van der Waals surface area contributed by atoms with Gasteiger partial charge in [0.2, 0.25) is 5.43 Å². The van der Waals surface area contributed by atoms with Crippen LogP contribution in [0.25, 0.3) is 28.5 Å². The summed E-state index contributed by atoms with van der Waals surface area (Å²) < 4.78 is 1.21. The van der Waals surface area contributed by atoms with Gasteiger partial charge in [0.05, 0.1) is 10.6 Å². The summed E-state index contributed by atoms with van der Waals surface area (Å²) >= 11 is 0. The van der Waals surface area contributed by atoms with E-state index in [0.29, 0.717) is 28.6 Å². The van der Waals surface area contributed by atoms with Crippen LogP contribution in [0.4, 0.5) is 11.4 Å². The number of nitrogens with zero attached hydrogens (tertiary/aromatic N) is 5. The molecule has 0 fully saturated rings. The maximum atomic E-state index is 13.2. The van der Waals surface area contributed by atoms with Crippen LogP contribution in [0.15, 0.2) is 89.7 Å². The van der Waals surface area contributed by atoms with Crippen molar-refractivity contribution in [1.82, 2.24) is 25.0 Å². The SMILES string of the molecule is Cc1cc(=O)c(C(=O)Nc2ccccc2-c2nc(-c3ccccc3)n[nH]2)nn1-c1ccccc1[N+](=O)[O-]. The van der Waals surface area contributed by atoms with Gasteiger partial charge in [-0.3, -0.25) is 24.8 Å². The number of hydrogen-bond donors (Lipinski definition) is 2. The molecule has 0 saturated heterocycles. The number of rotatable bonds is 6. The first kappa shape index (κ1) is 23.3. The lowest BCUT2D eigenvalue weighted by Gasteiger charge is -2.12. The maximum absolute atomic E-state index is 13.2. The lowest BCUT2D eigenvalue weighted by Crippen LogP contribution is -2.27. The van der Waals surface area contributed by atoms with E-state index in [0.717, 1.165) is 5.56 Å². The Morgan fingerprint density at radius 3 is 2.49 bits per heavy atom. The molecule has 182 valence electrons. The summed E-state index contributed by atoms with van der Waals surface area (Å²) in [6.07, 6.45) is 0. The third kappa shape index (κ3) is 4.60. The number of nitro benzene ring substituents is 1. The highest BCUT2D eigenvalue weighted by atomic mass is 16.6. The summed E-state index contributed by atoms with van der Waals surface area (Å²) in [5.74, 6) is 0.140. The van der Waals surface area contributed by atoms with Gasteiger partial charge in [0.15, 0.2) is 17.3 Å². The second kappa shape index (κ2) is 9.66. The van der Waals surface area contributed by atoms with Crippen molar-refractivity contribution < 1.29 is 9.72 Å². The Balaban J connectivity index is 1.50. The number of para-hydroxylation sites is 3. The number of nitrogens with one attached hydrogen (secondary N) is 2. The summed E-state index contributed by atoms with van der Waals surface area (Å²) in [6, 6.07) is 23.5. The van der Waals surface area contributed by atoms with Crippen molar-refractivity contribution in [2.24, 2.45) is 0 Å². The zero-order valence-electron chi connectivity index (χ0n) is 19.5. The standard InChI is InChI=1S/C26H19N7O4/c1-16-15-22(34)23(31-32(16)20-13-7-8-14-21(20)33(36)37)26(35)27-19-12-6-5-11-18(19)25-28-24(29-30-25)17-9-3-2-4-10-17/h2-15H,1H3,(H,27,35)(H,28,29,30). The second-order valence-corrected chi connectivity index (χ2v) is 8.03. The molecule has 0 radical (unpaired) electrons. The molecule has 2 aromatic heterocycles. The Hall–Kier alpha value is -5.45. The molecule has 0 aliphatic rings. The van der Waals surface area contributed by atoms with Crippen molar-refractivity contribution in [1.29, 1.82) is 0 Å². The summed E-state index contributed by atoms with van der Waals surface area (Å²) in [5.41, 5.74) is 0.984. The molecule has 3 aromatic carbocycles. The quantitative estimate of drug-likeness (QED) is 0.266.